The van der Waals surface area contributed by atoms with Crippen LogP contribution < -0.4 is 5.73 Å². The lowest BCUT2D eigenvalue weighted by molar-refractivity contribution is -0.0581. The van der Waals surface area contributed by atoms with E-state index in [1.165, 1.54) is 0 Å². The largest absolute Gasteiger partial charge is 0.469 e. The van der Waals surface area contributed by atoms with E-state index in [0.29, 0.717) is 0 Å². The first kappa shape index (κ1) is 16.0. The van der Waals surface area contributed by atoms with Gasteiger partial charge in [-0.3, -0.25) is 9.32 Å². The Balaban J connectivity index is 2.08. The maximum atomic E-state index is 10.9. The van der Waals surface area contributed by atoms with Crippen molar-refractivity contribution in [3.63, 3.8) is 0 Å². The molecule has 2 rings (SSSR count). The lowest BCUT2D eigenvalue weighted by atomic mass is 10.1. The van der Waals surface area contributed by atoms with Crippen molar-refractivity contribution < 1.29 is 38.6 Å². The second kappa shape index (κ2) is 5.77. The molecule has 2 heterocycles. The van der Waals surface area contributed by atoms with Crippen LogP contribution >= 0.6 is 7.82 Å². The number of aliphatic hydroxyl groups is 2. The van der Waals surface area contributed by atoms with E-state index in [1.54, 1.807) is 0 Å². The van der Waals surface area contributed by atoms with E-state index in [4.69, 9.17) is 20.3 Å². The van der Waals surface area contributed by atoms with Crippen LogP contribution in [0.2, 0.25) is 0 Å². The highest BCUT2D eigenvalue weighted by Gasteiger charge is 2.45. The molecule has 1 aliphatic heterocycles. The van der Waals surface area contributed by atoms with Gasteiger partial charge in [0.2, 0.25) is 5.82 Å². The molecule has 0 radical (unpaired) electrons. The molecule has 0 aliphatic carbocycles. The van der Waals surface area contributed by atoms with Gasteiger partial charge >= 0.3 is 7.82 Å². The molecule has 6 N–H and O–H groups in total. The van der Waals surface area contributed by atoms with Gasteiger partial charge in [0.05, 0.1) is 6.61 Å². The van der Waals surface area contributed by atoms with Gasteiger partial charge in [0.1, 0.15) is 24.6 Å². The Morgan fingerprint density at radius 3 is 2.67 bits per heavy atom. The molecule has 4 atom stereocenters. The van der Waals surface area contributed by atoms with Gasteiger partial charge in [-0.2, -0.15) is 0 Å². The highest BCUT2D eigenvalue weighted by atomic mass is 31.2. The second-order valence-corrected chi connectivity index (χ2v) is 5.48. The number of carbonyl (C=O) groups is 1. The molecule has 13 heteroatoms. The number of primary amides is 1. The van der Waals surface area contributed by atoms with Crippen LogP contribution in [0.3, 0.4) is 0 Å². The number of nitrogens with zero attached hydrogens (tertiary/aromatic N) is 3. The van der Waals surface area contributed by atoms with Crippen molar-refractivity contribution in [2.24, 2.45) is 5.73 Å². The summed E-state index contributed by atoms with van der Waals surface area (Å²) in [4.78, 5) is 31.6. The van der Waals surface area contributed by atoms with Crippen LogP contribution in [-0.4, -0.2) is 65.6 Å². The van der Waals surface area contributed by atoms with Gasteiger partial charge in [-0.1, -0.05) is 0 Å². The van der Waals surface area contributed by atoms with E-state index in [0.717, 1.165) is 11.0 Å². The molecule has 0 aromatic carbocycles. The van der Waals surface area contributed by atoms with Crippen molar-refractivity contribution >= 4 is 13.7 Å². The quantitative estimate of drug-likeness (QED) is 0.351. The summed E-state index contributed by atoms with van der Waals surface area (Å²) < 4.78 is 21.0. The number of nitrogens with two attached hydrogens (primary N) is 1. The van der Waals surface area contributed by atoms with Gasteiger partial charge in [-0.15, -0.1) is 5.10 Å². The van der Waals surface area contributed by atoms with Crippen LogP contribution in [0.1, 0.15) is 16.8 Å². The van der Waals surface area contributed by atoms with Crippen LogP contribution in [0.15, 0.2) is 6.33 Å². The van der Waals surface area contributed by atoms with E-state index in [1.807, 2.05) is 0 Å². The summed E-state index contributed by atoms with van der Waals surface area (Å²) in [6.07, 6.45) is -4.27. The fraction of sp³-hybridized carbons (Fsp3) is 0.625. The van der Waals surface area contributed by atoms with E-state index in [9.17, 15) is 19.6 Å². The molecule has 1 aromatic rings. The summed E-state index contributed by atoms with van der Waals surface area (Å²) in [5.41, 5.74) is 4.97. The fourth-order valence-corrected chi connectivity index (χ4v) is 2.11. The number of aliphatic hydroxyl groups excluding tert-OH is 2. The Labute approximate surface area is 117 Å². The Morgan fingerprint density at radius 1 is 1.48 bits per heavy atom. The Bertz CT molecular complexity index is 572. The third kappa shape index (κ3) is 3.63. The summed E-state index contributed by atoms with van der Waals surface area (Å²) in [5.74, 6) is -1.20. The van der Waals surface area contributed by atoms with E-state index >= 15 is 0 Å². The Kier molecular flexibility index (Phi) is 4.39. The molecular weight excluding hydrogens is 311 g/mol. The van der Waals surface area contributed by atoms with Crippen molar-refractivity contribution in [3.05, 3.63) is 12.2 Å². The van der Waals surface area contributed by atoms with Crippen LogP contribution in [0.5, 0.6) is 0 Å². The molecule has 0 spiro atoms. The SMILES string of the molecule is NC(=O)c1ncn([C@@H]2O[C@H](COP(=O)(O)O)[C@H](O)[C@@H]2O)n1. The normalized spacial score (nSPS) is 29.7. The predicted molar refractivity (Wildman–Crippen MR) is 62.5 cm³/mol. The van der Waals surface area contributed by atoms with E-state index in [2.05, 4.69) is 14.6 Å². The zero-order valence-corrected chi connectivity index (χ0v) is 11.3. The smallest absolute Gasteiger partial charge is 0.387 e. The zero-order valence-electron chi connectivity index (χ0n) is 10.4. The minimum absolute atomic E-state index is 0.310. The highest BCUT2D eigenvalue weighted by Crippen LogP contribution is 2.38. The molecule has 0 unspecified atom stereocenters. The molecule has 0 bridgehead atoms. The number of phosphoric acid groups is 1. The first-order valence-corrected chi connectivity index (χ1v) is 7.14. The third-order valence-corrected chi connectivity index (χ3v) is 3.22. The molecule has 12 nitrogen and oxygen atoms in total. The average molecular weight is 324 g/mol. The van der Waals surface area contributed by atoms with Gasteiger partial charge in [-0.25, -0.2) is 14.2 Å². The number of aromatic nitrogens is 3. The third-order valence-electron chi connectivity index (χ3n) is 2.73. The molecule has 118 valence electrons. The molecule has 21 heavy (non-hydrogen) atoms. The van der Waals surface area contributed by atoms with Crippen molar-refractivity contribution in [2.45, 2.75) is 24.5 Å². The molecule has 1 aromatic heterocycles. The van der Waals surface area contributed by atoms with E-state index in [-0.39, 0.29) is 5.82 Å². The second-order valence-electron chi connectivity index (χ2n) is 4.25. The monoisotopic (exact) mass is 324 g/mol. The fourth-order valence-electron chi connectivity index (χ4n) is 1.77. The number of hydrogen-bond acceptors (Lipinski definition) is 8. The van der Waals surface area contributed by atoms with Gasteiger partial charge < -0.3 is 30.5 Å². The van der Waals surface area contributed by atoms with Gasteiger partial charge in [-0.05, 0) is 0 Å². The summed E-state index contributed by atoms with van der Waals surface area (Å²) in [6.45, 7) is -0.642. The number of amides is 1. The highest BCUT2D eigenvalue weighted by molar-refractivity contribution is 7.46. The van der Waals surface area contributed by atoms with E-state index < -0.39 is 44.9 Å². The van der Waals surface area contributed by atoms with Gasteiger partial charge in [0.25, 0.3) is 5.91 Å². The molecule has 1 saturated heterocycles. The van der Waals surface area contributed by atoms with Crippen LogP contribution in [0.4, 0.5) is 0 Å². The Hall–Kier alpha value is -1.40. The topological polar surface area (TPSA) is 190 Å². The maximum Gasteiger partial charge on any atom is 0.469 e. The minimum atomic E-state index is -4.73. The minimum Gasteiger partial charge on any atom is -0.387 e. The molecule has 1 fully saturated rings. The number of carbonyl (C=O) groups excluding carboxylic acids is 1. The van der Waals surface area contributed by atoms with Gasteiger partial charge in [0.15, 0.2) is 6.23 Å². The predicted octanol–water partition coefficient (Wildman–Crippen LogP) is -2.89. The molecule has 0 saturated carbocycles. The lowest BCUT2D eigenvalue weighted by Gasteiger charge is -2.14. The standard InChI is InChI=1S/C8H13N4O8P/c9-6(15)7-10-2-12(11-7)8-5(14)4(13)3(20-8)1-19-21(16,17)18/h2-5,8,13-14H,1H2,(H2,9,15)(H2,16,17,18)/t3-,4+,5+,8-/m1/s1. The van der Waals surface area contributed by atoms with Crippen LogP contribution in [-0.2, 0) is 13.8 Å². The van der Waals surface area contributed by atoms with Crippen molar-refractivity contribution in [1.82, 2.24) is 14.8 Å². The summed E-state index contributed by atoms with van der Waals surface area (Å²) in [7, 11) is -4.73. The van der Waals surface area contributed by atoms with Gasteiger partial charge in [0, 0.05) is 0 Å². The van der Waals surface area contributed by atoms with Crippen molar-refractivity contribution in [2.75, 3.05) is 6.61 Å². The number of ether oxygens (including phenoxy) is 1. The molecular formula is C8H13N4O8P. The summed E-state index contributed by atoms with van der Waals surface area (Å²) in [5, 5.41) is 23.2. The molecule has 1 amide bonds. The van der Waals surface area contributed by atoms with Crippen LogP contribution in [0.25, 0.3) is 0 Å². The lowest BCUT2D eigenvalue weighted by Crippen LogP contribution is -2.33. The maximum absolute atomic E-state index is 10.9. The summed E-state index contributed by atoms with van der Waals surface area (Å²) >= 11 is 0. The average Bonchev–Trinajstić information content (AvgIpc) is 2.94. The summed E-state index contributed by atoms with van der Waals surface area (Å²) in [6, 6.07) is 0. The zero-order chi connectivity index (χ0) is 15.8. The van der Waals surface area contributed by atoms with Crippen molar-refractivity contribution in [3.8, 4) is 0 Å². The number of rotatable bonds is 5. The van der Waals surface area contributed by atoms with Crippen molar-refractivity contribution in [1.29, 1.82) is 0 Å². The number of phosphoric ester groups is 1. The first-order valence-electron chi connectivity index (χ1n) is 5.61. The number of hydrogen-bond donors (Lipinski definition) is 5. The molecule has 1 aliphatic rings. The Morgan fingerprint density at radius 2 is 2.14 bits per heavy atom. The first-order chi connectivity index (χ1) is 9.69. The van der Waals surface area contributed by atoms with Crippen LogP contribution in [0, 0.1) is 0 Å².